The molecular weight excluding hydrogens is 920 g/mol. The molecule has 0 aliphatic carbocycles. The molecule has 7 atom stereocenters. The Balaban J connectivity index is 1.83. The molecule has 1 aliphatic rings. The second-order valence-electron chi connectivity index (χ2n) is 17.0. The third kappa shape index (κ3) is 29.0. The second kappa shape index (κ2) is 36.6. The SMILES string of the molecule is CCCCC/C=C\C/C=C\CCCCCCCC(=O)OC[C@H](COP(=O)(O)OP(=O)(O)OC[C@H]1O[C@@H](n2ccc(N)nc2=O)[C@H](O)[C@@H]1O)OC(=O)CCCCCCC/C=C\C/C=C\CCCCC. The lowest BCUT2D eigenvalue weighted by Crippen LogP contribution is -2.36. The second-order valence-corrected chi connectivity index (χ2v) is 20.0. The van der Waals surface area contributed by atoms with E-state index in [0.717, 1.165) is 101 Å². The van der Waals surface area contributed by atoms with Crippen molar-refractivity contribution in [2.24, 2.45) is 0 Å². The van der Waals surface area contributed by atoms with Crippen molar-refractivity contribution < 1.29 is 66.3 Å². The summed E-state index contributed by atoms with van der Waals surface area (Å²) >= 11 is 0. The van der Waals surface area contributed by atoms with Gasteiger partial charge in [-0.3, -0.25) is 23.2 Å². The first-order valence-corrected chi connectivity index (χ1v) is 27.6. The van der Waals surface area contributed by atoms with E-state index in [1.54, 1.807) is 0 Å². The number of hydrogen-bond acceptors (Lipinski definition) is 15. The number of unbranched alkanes of at least 4 members (excludes halogenated alkanes) is 16. The molecule has 2 unspecified atom stereocenters. The van der Waals surface area contributed by atoms with Crippen LogP contribution >= 0.6 is 15.6 Å². The molecule has 0 radical (unpaired) electrons. The number of nitrogen functional groups attached to an aromatic ring is 1. The molecule has 1 aliphatic heterocycles. The summed E-state index contributed by atoms with van der Waals surface area (Å²) in [6, 6.07) is 1.25. The number of phosphoric acid groups is 2. The fraction of sp³-hybridized carbons (Fsp3) is 0.708. The number of nitrogens with zero attached hydrogens (tertiary/aromatic N) is 2. The molecule has 1 fully saturated rings. The van der Waals surface area contributed by atoms with Gasteiger partial charge in [0.1, 0.15) is 30.7 Å². The number of rotatable bonds is 40. The van der Waals surface area contributed by atoms with Crippen LogP contribution in [0.1, 0.15) is 174 Å². The molecule has 20 heteroatoms. The number of nitrogens with two attached hydrogens (primary N) is 1. The van der Waals surface area contributed by atoms with Gasteiger partial charge in [-0.15, -0.1) is 0 Å². The lowest BCUT2D eigenvalue weighted by atomic mass is 10.1. The molecule has 0 amide bonds. The Morgan fingerprint density at radius 2 is 1.19 bits per heavy atom. The predicted molar refractivity (Wildman–Crippen MR) is 261 cm³/mol. The molecular formula is C48H81N3O15P2. The van der Waals surface area contributed by atoms with E-state index >= 15 is 0 Å². The van der Waals surface area contributed by atoms with Crippen LogP contribution in [-0.4, -0.2) is 85.7 Å². The highest BCUT2D eigenvalue weighted by Gasteiger charge is 2.46. The summed E-state index contributed by atoms with van der Waals surface area (Å²) in [5, 5.41) is 20.9. The zero-order chi connectivity index (χ0) is 49.9. The minimum absolute atomic E-state index is 0.0298. The largest absolute Gasteiger partial charge is 0.481 e. The highest BCUT2D eigenvalue weighted by Crippen LogP contribution is 2.60. The van der Waals surface area contributed by atoms with Crippen LogP contribution in [0, 0.1) is 0 Å². The minimum Gasteiger partial charge on any atom is -0.462 e. The Hall–Kier alpha value is -3.28. The predicted octanol–water partition coefficient (Wildman–Crippen LogP) is 9.78. The van der Waals surface area contributed by atoms with Crippen LogP contribution in [0.4, 0.5) is 5.82 Å². The van der Waals surface area contributed by atoms with E-state index in [0.29, 0.717) is 12.8 Å². The molecule has 1 aromatic rings. The van der Waals surface area contributed by atoms with Gasteiger partial charge in [0.05, 0.1) is 13.2 Å². The summed E-state index contributed by atoms with van der Waals surface area (Å²) in [6.45, 7) is 2.07. The number of phosphoric ester groups is 2. The van der Waals surface area contributed by atoms with E-state index in [4.69, 9.17) is 29.0 Å². The monoisotopic (exact) mass is 1000 g/mol. The van der Waals surface area contributed by atoms with Gasteiger partial charge in [0.2, 0.25) is 0 Å². The molecule has 18 nitrogen and oxygen atoms in total. The van der Waals surface area contributed by atoms with Gasteiger partial charge in [-0.1, -0.05) is 127 Å². The average Bonchev–Trinajstić information content (AvgIpc) is 3.57. The number of carbonyl (C=O) groups excluding carboxylic acids is 2. The van der Waals surface area contributed by atoms with Crippen LogP contribution in [0.15, 0.2) is 65.7 Å². The van der Waals surface area contributed by atoms with E-state index in [2.05, 4.69) is 71.8 Å². The van der Waals surface area contributed by atoms with E-state index in [-0.39, 0.29) is 18.7 Å². The first-order valence-electron chi connectivity index (χ1n) is 24.6. The van der Waals surface area contributed by atoms with E-state index in [1.807, 2.05) is 0 Å². The Morgan fingerprint density at radius 1 is 0.706 bits per heavy atom. The van der Waals surface area contributed by atoms with Crippen molar-refractivity contribution in [1.82, 2.24) is 9.55 Å². The Morgan fingerprint density at radius 3 is 1.72 bits per heavy atom. The Bertz CT molecular complexity index is 1820. The summed E-state index contributed by atoms with van der Waals surface area (Å²) in [5.74, 6) is -1.33. The third-order valence-corrected chi connectivity index (χ3v) is 13.5. The van der Waals surface area contributed by atoms with E-state index in [1.165, 1.54) is 44.6 Å². The summed E-state index contributed by atoms with van der Waals surface area (Å²) < 4.78 is 56.7. The molecule has 0 saturated carbocycles. The van der Waals surface area contributed by atoms with Crippen LogP contribution in [0.5, 0.6) is 0 Å². The normalized spacial score (nSPS) is 19.9. The smallest absolute Gasteiger partial charge is 0.462 e. The number of ether oxygens (including phenoxy) is 3. The van der Waals surface area contributed by atoms with Gasteiger partial charge in [0.15, 0.2) is 12.3 Å². The number of allylic oxidation sites excluding steroid dienone is 8. The van der Waals surface area contributed by atoms with Crippen LogP contribution in [0.2, 0.25) is 0 Å². The number of carbonyl (C=O) groups is 2. The fourth-order valence-electron chi connectivity index (χ4n) is 7.02. The van der Waals surface area contributed by atoms with Crippen LogP contribution in [-0.2, 0) is 46.3 Å². The maximum absolute atomic E-state index is 12.8. The van der Waals surface area contributed by atoms with Gasteiger partial charge in [0, 0.05) is 19.0 Å². The van der Waals surface area contributed by atoms with Gasteiger partial charge in [-0.05, 0) is 83.1 Å². The number of anilines is 1. The van der Waals surface area contributed by atoms with Crippen molar-refractivity contribution in [2.45, 2.75) is 199 Å². The molecule has 2 rings (SSSR count). The number of aromatic nitrogens is 2. The van der Waals surface area contributed by atoms with Crippen molar-refractivity contribution in [1.29, 1.82) is 0 Å². The number of esters is 2. The van der Waals surface area contributed by atoms with Gasteiger partial charge < -0.3 is 39.9 Å². The molecule has 388 valence electrons. The summed E-state index contributed by atoms with van der Waals surface area (Å²) in [6.07, 6.45) is 33.3. The van der Waals surface area contributed by atoms with Crippen molar-refractivity contribution in [3.05, 3.63) is 71.4 Å². The van der Waals surface area contributed by atoms with Crippen LogP contribution in [0.3, 0.4) is 0 Å². The molecule has 0 aromatic carbocycles. The standard InChI is InChI=1S/C48H81N3O15P2/c1-3-5-7-9-11-13-15-17-19-21-23-25-27-29-31-33-43(52)61-37-40(64-44(53)34-32-30-28-26-24-22-20-18-16-14-12-10-8-6-4-2)38-62-67(57,58)66-68(59,60)63-39-41-45(54)46(55)47(65-41)51-36-35-42(49)50-48(51)56/h11-14,17-20,35-36,40-41,45-47,54-55H,3-10,15-16,21-34,37-39H2,1-2H3,(H,57,58)(H,59,60)(H2,49,50,56)/b13-11-,14-12-,19-17-,20-18-/t40-,41-,45-,46-,47-/m1/s1. The van der Waals surface area contributed by atoms with Gasteiger partial charge >= 0.3 is 33.3 Å². The third-order valence-electron chi connectivity index (χ3n) is 10.9. The van der Waals surface area contributed by atoms with Crippen LogP contribution < -0.4 is 11.4 Å². The first kappa shape index (κ1) is 60.8. The Kier molecular flexibility index (Phi) is 32.8. The number of hydrogen-bond donors (Lipinski definition) is 5. The zero-order valence-electron chi connectivity index (χ0n) is 40.4. The molecule has 6 N–H and O–H groups in total. The zero-order valence-corrected chi connectivity index (χ0v) is 42.2. The van der Waals surface area contributed by atoms with Crippen molar-refractivity contribution in [3.63, 3.8) is 0 Å². The lowest BCUT2D eigenvalue weighted by molar-refractivity contribution is -0.161. The number of aliphatic hydroxyl groups is 2. The Labute approximate surface area is 403 Å². The molecule has 68 heavy (non-hydrogen) atoms. The fourth-order valence-corrected chi connectivity index (χ4v) is 9.13. The maximum atomic E-state index is 12.8. The first-order chi connectivity index (χ1) is 32.7. The molecule has 0 spiro atoms. The molecule has 1 aromatic heterocycles. The van der Waals surface area contributed by atoms with Gasteiger partial charge in [0.25, 0.3) is 0 Å². The quantitative estimate of drug-likeness (QED) is 0.0177. The maximum Gasteiger partial charge on any atom is 0.481 e. The number of aliphatic hydroxyl groups excluding tert-OH is 2. The lowest BCUT2D eigenvalue weighted by Gasteiger charge is -2.21. The van der Waals surface area contributed by atoms with Crippen LogP contribution in [0.25, 0.3) is 0 Å². The van der Waals surface area contributed by atoms with E-state index < -0.39 is 83.7 Å². The van der Waals surface area contributed by atoms with Crippen molar-refractivity contribution in [2.75, 3.05) is 25.6 Å². The minimum atomic E-state index is -5.43. The highest BCUT2D eigenvalue weighted by atomic mass is 31.3. The summed E-state index contributed by atoms with van der Waals surface area (Å²) in [4.78, 5) is 61.8. The van der Waals surface area contributed by atoms with Crippen molar-refractivity contribution in [3.8, 4) is 0 Å². The molecule has 1 saturated heterocycles. The molecule has 0 bridgehead atoms. The summed E-state index contributed by atoms with van der Waals surface area (Å²) in [7, 11) is -10.9. The van der Waals surface area contributed by atoms with E-state index in [9.17, 15) is 43.5 Å². The highest BCUT2D eigenvalue weighted by molar-refractivity contribution is 7.61. The topological polar surface area (TPSA) is 265 Å². The summed E-state index contributed by atoms with van der Waals surface area (Å²) in [5.41, 5.74) is 4.58. The van der Waals surface area contributed by atoms with Gasteiger partial charge in [-0.25, -0.2) is 13.9 Å². The van der Waals surface area contributed by atoms with Gasteiger partial charge in [-0.2, -0.15) is 9.29 Å². The average molecular weight is 1000 g/mol. The molecule has 2 heterocycles. The van der Waals surface area contributed by atoms with Crippen molar-refractivity contribution >= 4 is 33.4 Å².